The Morgan fingerprint density at radius 2 is 1.91 bits per heavy atom. The smallest absolute Gasteiger partial charge is 0.191 e. The standard InChI is InChI=1S/C17H22N4S/c1-2-18-17(21-14-15-8-6-7-11-19-15)20-12-13-22-16-9-4-3-5-10-16/h3-11H,2,12-14H2,1H3,(H2,18,20,21). The molecule has 5 heteroatoms. The van der Waals surface area contributed by atoms with Gasteiger partial charge in [0.25, 0.3) is 0 Å². The molecule has 0 aliphatic rings. The van der Waals surface area contributed by atoms with Gasteiger partial charge in [0.2, 0.25) is 0 Å². The summed E-state index contributed by atoms with van der Waals surface area (Å²) < 4.78 is 0. The molecule has 0 unspecified atom stereocenters. The number of aliphatic imine (C=N–C) groups is 1. The lowest BCUT2D eigenvalue weighted by Crippen LogP contribution is -2.38. The zero-order chi connectivity index (χ0) is 15.5. The quantitative estimate of drug-likeness (QED) is 0.357. The van der Waals surface area contributed by atoms with E-state index in [-0.39, 0.29) is 0 Å². The van der Waals surface area contributed by atoms with Gasteiger partial charge in [0, 0.05) is 29.9 Å². The van der Waals surface area contributed by atoms with Crippen molar-refractivity contribution in [1.29, 1.82) is 0 Å². The van der Waals surface area contributed by atoms with Gasteiger partial charge in [-0.15, -0.1) is 11.8 Å². The van der Waals surface area contributed by atoms with Crippen LogP contribution in [0.1, 0.15) is 12.6 Å². The molecule has 2 aromatic rings. The topological polar surface area (TPSA) is 49.3 Å². The van der Waals surface area contributed by atoms with Crippen LogP contribution >= 0.6 is 11.8 Å². The summed E-state index contributed by atoms with van der Waals surface area (Å²) in [6.07, 6.45) is 1.79. The second-order valence-electron chi connectivity index (χ2n) is 4.60. The number of thioether (sulfide) groups is 1. The van der Waals surface area contributed by atoms with Crippen molar-refractivity contribution in [1.82, 2.24) is 15.6 Å². The number of aromatic nitrogens is 1. The number of pyridine rings is 1. The van der Waals surface area contributed by atoms with Crippen LogP contribution in [-0.2, 0) is 6.54 Å². The highest BCUT2D eigenvalue weighted by molar-refractivity contribution is 7.99. The zero-order valence-corrected chi connectivity index (χ0v) is 13.6. The van der Waals surface area contributed by atoms with E-state index >= 15 is 0 Å². The van der Waals surface area contributed by atoms with Gasteiger partial charge in [0.05, 0.1) is 12.2 Å². The van der Waals surface area contributed by atoms with Crippen molar-refractivity contribution in [3.63, 3.8) is 0 Å². The molecule has 0 radical (unpaired) electrons. The van der Waals surface area contributed by atoms with Gasteiger partial charge in [-0.3, -0.25) is 4.98 Å². The first kappa shape index (κ1) is 16.4. The predicted octanol–water partition coefficient (Wildman–Crippen LogP) is 2.93. The minimum absolute atomic E-state index is 0.585. The second-order valence-corrected chi connectivity index (χ2v) is 5.77. The molecule has 0 fully saturated rings. The van der Waals surface area contributed by atoms with Crippen molar-refractivity contribution in [2.75, 3.05) is 18.8 Å². The molecule has 22 heavy (non-hydrogen) atoms. The van der Waals surface area contributed by atoms with E-state index < -0.39 is 0 Å². The van der Waals surface area contributed by atoms with E-state index in [9.17, 15) is 0 Å². The van der Waals surface area contributed by atoms with Gasteiger partial charge >= 0.3 is 0 Å². The van der Waals surface area contributed by atoms with Gasteiger partial charge in [-0.25, -0.2) is 4.99 Å². The number of rotatable bonds is 7. The number of hydrogen-bond acceptors (Lipinski definition) is 3. The van der Waals surface area contributed by atoms with Gasteiger partial charge in [0.1, 0.15) is 0 Å². The maximum atomic E-state index is 4.55. The van der Waals surface area contributed by atoms with Gasteiger partial charge in [0.15, 0.2) is 5.96 Å². The molecule has 116 valence electrons. The van der Waals surface area contributed by atoms with E-state index in [0.717, 1.165) is 30.5 Å². The summed E-state index contributed by atoms with van der Waals surface area (Å²) in [6, 6.07) is 16.3. The Kier molecular flexibility index (Phi) is 7.32. The molecule has 1 aromatic heterocycles. The minimum Gasteiger partial charge on any atom is -0.357 e. The fraction of sp³-hybridized carbons (Fsp3) is 0.294. The Morgan fingerprint density at radius 3 is 2.64 bits per heavy atom. The summed E-state index contributed by atoms with van der Waals surface area (Å²) in [7, 11) is 0. The van der Waals surface area contributed by atoms with E-state index in [1.54, 1.807) is 6.20 Å². The molecule has 0 saturated carbocycles. The van der Waals surface area contributed by atoms with Gasteiger partial charge in [-0.1, -0.05) is 24.3 Å². The number of nitrogens with zero attached hydrogens (tertiary/aromatic N) is 2. The van der Waals surface area contributed by atoms with E-state index in [2.05, 4.69) is 51.8 Å². The first-order chi connectivity index (χ1) is 10.9. The van der Waals surface area contributed by atoms with Crippen LogP contribution in [0.15, 0.2) is 64.6 Å². The van der Waals surface area contributed by atoms with Crippen molar-refractivity contribution in [3.05, 3.63) is 60.4 Å². The summed E-state index contributed by atoms with van der Waals surface area (Å²) in [5.41, 5.74) is 0.971. The summed E-state index contributed by atoms with van der Waals surface area (Å²) in [6.45, 7) is 4.37. The van der Waals surface area contributed by atoms with E-state index in [1.807, 2.05) is 36.0 Å². The predicted molar refractivity (Wildman–Crippen MR) is 94.2 cm³/mol. The molecule has 0 bridgehead atoms. The monoisotopic (exact) mass is 314 g/mol. The molecule has 1 aromatic carbocycles. The van der Waals surface area contributed by atoms with Gasteiger partial charge < -0.3 is 10.6 Å². The highest BCUT2D eigenvalue weighted by atomic mass is 32.2. The van der Waals surface area contributed by atoms with E-state index in [0.29, 0.717) is 6.54 Å². The normalized spacial score (nSPS) is 11.2. The molecule has 0 aliphatic carbocycles. The molecule has 2 N–H and O–H groups in total. The maximum Gasteiger partial charge on any atom is 0.191 e. The Hall–Kier alpha value is -2.01. The first-order valence-electron chi connectivity index (χ1n) is 7.48. The summed E-state index contributed by atoms with van der Waals surface area (Å²) in [5, 5.41) is 6.60. The van der Waals surface area contributed by atoms with Crippen LogP contribution < -0.4 is 10.6 Å². The van der Waals surface area contributed by atoms with E-state index in [1.165, 1.54) is 4.90 Å². The average molecular weight is 314 g/mol. The van der Waals surface area contributed by atoms with Gasteiger partial charge in [-0.2, -0.15) is 0 Å². The molecule has 0 amide bonds. The number of benzene rings is 1. The van der Waals surface area contributed by atoms with Crippen LogP contribution in [0.25, 0.3) is 0 Å². The van der Waals surface area contributed by atoms with Crippen molar-refractivity contribution >= 4 is 17.7 Å². The molecule has 0 atom stereocenters. The van der Waals surface area contributed by atoms with Crippen molar-refractivity contribution < 1.29 is 0 Å². The third kappa shape index (κ3) is 6.18. The van der Waals surface area contributed by atoms with Crippen molar-refractivity contribution in [3.8, 4) is 0 Å². The molecule has 0 aliphatic heterocycles. The summed E-state index contributed by atoms with van der Waals surface area (Å²) in [4.78, 5) is 10.1. The van der Waals surface area contributed by atoms with Crippen molar-refractivity contribution in [2.45, 2.75) is 18.4 Å². The van der Waals surface area contributed by atoms with E-state index in [4.69, 9.17) is 0 Å². The van der Waals surface area contributed by atoms with Crippen LogP contribution in [0.5, 0.6) is 0 Å². The number of hydrogen-bond donors (Lipinski definition) is 2. The molecule has 4 nitrogen and oxygen atoms in total. The minimum atomic E-state index is 0.585. The third-order valence-electron chi connectivity index (χ3n) is 2.88. The molecule has 2 rings (SSSR count). The second kappa shape index (κ2) is 9.84. The Balaban J connectivity index is 1.76. The molecule has 0 spiro atoms. The SMILES string of the molecule is CCNC(=NCc1ccccn1)NCCSc1ccccc1. The van der Waals surface area contributed by atoms with Crippen LogP contribution in [0.2, 0.25) is 0 Å². The van der Waals surface area contributed by atoms with Crippen LogP contribution in [0, 0.1) is 0 Å². The highest BCUT2D eigenvalue weighted by Gasteiger charge is 1.98. The fourth-order valence-electron chi connectivity index (χ4n) is 1.85. The van der Waals surface area contributed by atoms with Gasteiger partial charge in [-0.05, 0) is 31.2 Å². The van der Waals surface area contributed by atoms with Crippen molar-refractivity contribution in [2.24, 2.45) is 4.99 Å². The van der Waals surface area contributed by atoms with Crippen LogP contribution in [0.4, 0.5) is 0 Å². The first-order valence-corrected chi connectivity index (χ1v) is 8.47. The molecular formula is C17H22N4S. The Labute approximate surface area is 136 Å². The summed E-state index contributed by atoms with van der Waals surface area (Å²) >= 11 is 1.84. The lowest BCUT2D eigenvalue weighted by molar-refractivity contribution is 0.837. The summed E-state index contributed by atoms with van der Waals surface area (Å²) in [5.74, 6) is 1.83. The highest BCUT2D eigenvalue weighted by Crippen LogP contribution is 2.15. The molecule has 1 heterocycles. The van der Waals surface area contributed by atoms with Crippen LogP contribution in [-0.4, -0.2) is 29.8 Å². The largest absolute Gasteiger partial charge is 0.357 e. The number of guanidine groups is 1. The fourth-order valence-corrected chi connectivity index (χ4v) is 2.64. The van der Waals surface area contributed by atoms with Crippen LogP contribution in [0.3, 0.4) is 0 Å². The maximum absolute atomic E-state index is 4.55. The average Bonchev–Trinajstić information content (AvgIpc) is 2.58. The lowest BCUT2D eigenvalue weighted by Gasteiger charge is -2.11. The number of nitrogens with one attached hydrogen (secondary N) is 2. The Morgan fingerprint density at radius 1 is 1.09 bits per heavy atom. The molecule has 0 saturated heterocycles. The lowest BCUT2D eigenvalue weighted by atomic mass is 10.3. The zero-order valence-electron chi connectivity index (χ0n) is 12.8. The third-order valence-corrected chi connectivity index (χ3v) is 3.89. The Bertz CT molecular complexity index is 557. The molecular weight excluding hydrogens is 292 g/mol.